The molecule has 0 aliphatic carbocycles. The van der Waals surface area contributed by atoms with E-state index in [2.05, 4.69) is 26.0 Å². The van der Waals surface area contributed by atoms with E-state index in [4.69, 9.17) is 25.8 Å². The lowest BCUT2D eigenvalue weighted by Crippen LogP contribution is -2.37. The summed E-state index contributed by atoms with van der Waals surface area (Å²) in [5, 5.41) is 3.94. The third kappa shape index (κ3) is 5.45. The van der Waals surface area contributed by atoms with Crippen LogP contribution in [0, 0.1) is 13.8 Å². The van der Waals surface area contributed by atoms with Crippen LogP contribution in [0.4, 0.5) is 0 Å². The molecule has 0 spiro atoms. The van der Waals surface area contributed by atoms with Crippen molar-refractivity contribution in [1.82, 2.24) is 14.8 Å². The van der Waals surface area contributed by atoms with Gasteiger partial charge in [0.1, 0.15) is 23.4 Å². The second-order valence-electron chi connectivity index (χ2n) is 7.20. The standard InChI is InChI=1S/C22H21BrClN3O6/c1-11-7-14(8-12(2)19(11)33-15-5-6-17(31-4)16(23)9-15)27-22(30)25-20(28)18(26-27)21(29)32-13(3)10-24/h5-9,13H,10H2,1-4H3,(H,25,28,30). The van der Waals surface area contributed by atoms with Gasteiger partial charge in [-0.3, -0.25) is 9.78 Å². The van der Waals surface area contributed by atoms with Crippen LogP contribution in [0.3, 0.4) is 0 Å². The first-order valence-electron chi connectivity index (χ1n) is 9.78. The van der Waals surface area contributed by atoms with Crippen molar-refractivity contribution in [2.75, 3.05) is 13.0 Å². The molecule has 11 heteroatoms. The first-order valence-corrected chi connectivity index (χ1v) is 11.1. The van der Waals surface area contributed by atoms with Gasteiger partial charge in [-0.2, -0.15) is 9.78 Å². The number of alkyl halides is 1. The van der Waals surface area contributed by atoms with Gasteiger partial charge in [-0.15, -0.1) is 11.6 Å². The number of aromatic nitrogens is 3. The van der Waals surface area contributed by atoms with Gasteiger partial charge >= 0.3 is 11.7 Å². The summed E-state index contributed by atoms with van der Waals surface area (Å²) in [6.45, 7) is 5.18. The Balaban J connectivity index is 1.99. The van der Waals surface area contributed by atoms with Gasteiger partial charge in [0.15, 0.2) is 0 Å². The number of carbonyl (C=O) groups is 1. The molecule has 174 valence electrons. The molecule has 33 heavy (non-hydrogen) atoms. The van der Waals surface area contributed by atoms with Gasteiger partial charge in [0, 0.05) is 0 Å². The molecule has 0 aliphatic rings. The quantitative estimate of drug-likeness (QED) is 0.359. The highest BCUT2D eigenvalue weighted by Gasteiger charge is 2.20. The number of benzene rings is 2. The Bertz CT molecular complexity index is 1300. The van der Waals surface area contributed by atoms with E-state index in [-0.39, 0.29) is 5.88 Å². The van der Waals surface area contributed by atoms with E-state index in [0.29, 0.717) is 34.1 Å². The van der Waals surface area contributed by atoms with Crippen molar-refractivity contribution in [3.05, 3.63) is 72.5 Å². The summed E-state index contributed by atoms with van der Waals surface area (Å²) in [6, 6.07) is 8.63. The molecule has 1 unspecified atom stereocenters. The van der Waals surface area contributed by atoms with Crippen LogP contribution in [-0.2, 0) is 4.74 Å². The first kappa shape index (κ1) is 24.5. The fraction of sp³-hybridized carbons (Fsp3) is 0.273. The fourth-order valence-electron chi connectivity index (χ4n) is 3.02. The average molecular weight is 539 g/mol. The lowest BCUT2D eigenvalue weighted by Gasteiger charge is -2.15. The Morgan fingerprint density at radius 2 is 1.88 bits per heavy atom. The number of esters is 1. The third-order valence-corrected chi connectivity index (χ3v) is 5.63. The van der Waals surface area contributed by atoms with Gasteiger partial charge in [-0.25, -0.2) is 9.59 Å². The summed E-state index contributed by atoms with van der Waals surface area (Å²) in [4.78, 5) is 38.9. The number of hydrogen-bond acceptors (Lipinski definition) is 7. The lowest BCUT2D eigenvalue weighted by atomic mass is 10.1. The normalized spacial score (nSPS) is 11.7. The lowest BCUT2D eigenvalue weighted by molar-refractivity contribution is 0.0371. The van der Waals surface area contributed by atoms with Crippen LogP contribution in [0.15, 0.2) is 44.4 Å². The summed E-state index contributed by atoms with van der Waals surface area (Å²) in [7, 11) is 1.57. The molecule has 0 aliphatic heterocycles. The number of carbonyl (C=O) groups excluding carboxylic acids is 1. The highest BCUT2D eigenvalue weighted by atomic mass is 79.9. The minimum absolute atomic E-state index is 0.0495. The van der Waals surface area contributed by atoms with E-state index in [1.54, 1.807) is 58.2 Å². The summed E-state index contributed by atoms with van der Waals surface area (Å²) < 4.78 is 18.0. The maximum absolute atomic E-state index is 12.4. The number of nitrogens with one attached hydrogen (secondary N) is 1. The van der Waals surface area contributed by atoms with Crippen LogP contribution < -0.4 is 20.7 Å². The summed E-state index contributed by atoms with van der Waals surface area (Å²) in [5.74, 6) is 0.915. The van der Waals surface area contributed by atoms with Crippen molar-refractivity contribution in [1.29, 1.82) is 0 Å². The van der Waals surface area contributed by atoms with Gasteiger partial charge < -0.3 is 14.2 Å². The van der Waals surface area contributed by atoms with Crippen LogP contribution in [0.25, 0.3) is 5.69 Å². The number of methoxy groups -OCH3 is 1. The summed E-state index contributed by atoms with van der Waals surface area (Å²) in [6.07, 6.45) is -0.625. The zero-order chi connectivity index (χ0) is 24.3. The third-order valence-electron chi connectivity index (χ3n) is 4.58. The highest BCUT2D eigenvalue weighted by Crippen LogP contribution is 2.34. The molecule has 0 bridgehead atoms. The molecular weight excluding hydrogens is 518 g/mol. The molecule has 0 fully saturated rings. The number of H-pyrrole nitrogens is 1. The molecule has 3 aromatic rings. The number of halogens is 2. The second-order valence-corrected chi connectivity index (χ2v) is 8.36. The molecule has 3 rings (SSSR count). The highest BCUT2D eigenvalue weighted by molar-refractivity contribution is 9.10. The minimum Gasteiger partial charge on any atom is -0.496 e. The predicted molar refractivity (Wildman–Crippen MR) is 126 cm³/mol. The maximum atomic E-state index is 12.4. The fourth-order valence-corrected chi connectivity index (χ4v) is 3.60. The summed E-state index contributed by atoms with van der Waals surface area (Å²) in [5.41, 5.74) is -0.539. The number of nitrogens with zero attached hydrogens (tertiary/aromatic N) is 2. The van der Waals surface area contributed by atoms with Crippen LogP contribution in [0.5, 0.6) is 17.2 Å². The molecular formula is C22H21BrClN3O6. The SMILES string of the molecule is COc1ccc(Oc2c(C)cc(-n3nc(C(=O)OC(C)CCl)c(=O)[nH]c3=O)cc2C)cc1Br. The summed E-state index contributed by atoms with van der Waals surface area (Å²) >= 11 is 9.07. The van der Waals surface area contributed by atoms with Crippen molar-refractivity contribution >= 4 is 33.5 Å². The van der Waals surface area contributed by atoms with Crippen molar-refractivity contribution in [3.8, 4) is 22.9 Å². The first-order chi connectivity index (χ1) is 15.6. The molecule has 1 heterocycles. The Morgan fingerprint density at radius 3 is 2.45 bits per heavy atom. The molecule has 1 atom stereocenters. The minimum atomic E-state index is -0.975. The molecule has 1 N–H and O–H groups in total. The van der Waals surface area contributed by atoms with Crippen LogP contribution in [0.2, 0.25) is 0 Å². The zero-order valence-corrected chi connectivity index (χ0v) is 20.6. The second kappa shape index (κ2) is 10.2. The number of rotatable bonds is 7. The average Bonchev–Trinajstić information content (AvgIpc) is 2.76. The Morgan fingerprint density at radius 1 is 1.21 bits per heavy atom. The topological polar surface area (TPSA) is 113 Å². The van der Waals surface area contributed by atoms with Crippen LogP contribution in [0.1, 0.15) is 28.5 Å². The number of ether oxygens (including phenoxy) is 3. The molecule has 0 radical (unpaired) electrons. The number of aryl methyl sites for hydroxylation is 2. The predicted octanol–water partition coefficient (Wildman–Crippen LogP) is 3.89. The monoisotopic (exact) mass is 537 g/mol. The molecule has 1 aromatic heterocycles. The van der Waals surface area contributed by atoms with E-state index in [0.717, 1.165) is 9.15 Å². The van der Waals surface area contributed by atoms with Crippen molar-refractivity contribution < 1.29 is 19.0 Å². The zero-order valence-electron chi connectivity index (χ0n) is 18.3. The molecule has 0 saturated heterocycles. The van der Waals surface area contributed by atoms with E-state index in [1.807, 2.05) is 0 Å². The Kier molecular flexibility index (Phi) is 7.60. The molecule has 0 saturated carbocycles. The van der Waals surface area contributed by atoms with Gasteiger partial charge in [-0.05, 0) is 78.2 Å². The number of hydrogen-bond donors (Lipinski definition) is 1. The molecule has 2 aromatic carbocycles. The Labute approximate surface area is 202 Å². The van der Waals surface area contributed by atoms with Gasteiger partial charge in [0.2, 0.25) is 5.69 Å². The van der Waals surface area contributed by atoms with Crippen molar-refractivity contribution in [2.24, 2.45) is 0 Å². The largest absolute Gasteiger partial charge is 0.496 e. The molecule has 9 nitrogen and oxygen atoms in total. The van der Waals surface area contributed by atoms with E-state index in [1.165, 1.54) is 0 Å². The Hall–Kier alpha value is -3.11. The molecule has 0 amide bonds. The van der Waals surface area contributed by atoms with Crippen LogP contribution >= 0.6 is 27.5 Å². The van der Waals surface area contributed by atoms with Gasteiger partial charge in [0.25, 0.3) is 5.56 Å². The van der Waals surface area contributed by atoms with Gasteiger partial charge in [0.05, 0.1) is 23.1 Å². The van der Waals surface area contributed by atoms with Crippen molar-refractivity contribution in [3.63, 3.8) is 0 Å². The van der Waals surface area contributed by atoms with E-state index < -0.39 is 29.0 Å². The van der Waals surface area contributed by atoms with E-state index >= 15 is 0 Å². The van der Waals surface area contributed by atoms with Crippen molar-refractivity contribution in [2.45, 2.75) is 26.9 Å². The van der Waals surface area contributed by atoms with Crippen LogP contribution in [-0.4, -0.2) is 39.8 Å². The number of aromatic amines is 1. The van der Waals surface area contributed by atoms with E-state index in [9.17, 15) is 14.4 Å². The maximum Gasteiger partial charge on any atom is 0.364 e. The smallest absolute Gasteiger partial charge is 0.364 e. The van der Waals surface area contributed by atoms with Gasteiger partial charge in [-0.1, -0.05) is 0 Å².